The number of fused-ring (bicyclic) bond motifs is 1. The first-order valence-electron chi connectivity index (χ1n) is 6.99. The summed E-state index contributed by atoms with van der Waals surface area (Å²) in [6, 6.07) is 6.51. The van der Waals surface area contributed by atoms with Crippen LogP contribution in [0.25, 0.3) is 10.9 Å². The van der Waals surface area contributed by atoms with Crippen molar-refractivity contribution in [3.05, 3.63) is 28.9 Å². The maximum atomic E-state index is 6.13. The Morgan fingerprint density at radius 2 is 2.05 bits per heavy atom. The van der Waals surface area contributed by atoms with E-state index in [4.69, 9.17) is 17.3 Å². The molecule has 1 aromatic carbocycles. The molecule has 19 heavy (non-hydrogen) atoms. The molecule has 0 amide bonds. The molecule has 3 nitrogen and oxygen atoms in total. The summed E-state index contributed by atoms with van der Waals surface area (Å²) in [7, 11) is 1.94. The Bertz CT molecular complexity index is 597. The van der Waals surface area contributed by atoms with E-state index >= 15 is 0 Å². The lowest BCUT2D eigenvalue weighted by Crippen LogP contribution is -2.37. The molecular formula is C15H20ClN3. The first kappa shape index (κ1) is 12.9. The number of aromatic nitrogens is 2. The molecule has 4 heteroatoms. The fourth-order valence-electron chi connectivity index (χ4n) is 3.38. The third-order valence-electron chi connectivity index (χ3n) is 4.62. The standard InChI is InChI=1S/C15H20ClN3/c1-19-13-9-11(5-6-12(13)14(16)18-19)15(10-17)7-3-2-4-8-15/h5-6,9H,2-4,7-8,10,17H2,1H3. The number of rotatable bonds is 2. The summed E-state index contributed by atoms with van der Waals surface area (Å²) in [6.45, 7) is 0.726. The van der Waals surface area contributed by atoms with Gasteiger partial charge in [0, 0.05) is 24.4 Å². The summed E-state index contributed by atoms with van der Waals surface area (Å²) in [6.07, 6.45) is 6.28. The second-order valence-corrected chi connectivity index (χ2v) is 6.05. The lowest BCUT2D eigenvalue weighted by molar-refractivity contribution is 0.301. The highest BCUT2D eigenvalue weighted by Crippen LogP contribution is 2.40. The monoisotopic (exact) mass is 277 g/mol. The molecule has 1 aliphatic carbocycles. The minimum absolute atomic E-state index is 0.156. The van der Waals surface area contributed by atoms with Gasteiger partial charge in [-0.2, -0.15) is 5.10 Å². The van der Waals surface area contributed by atoms with Gasteiger partial charge in [0.15, 0.2) is 5.15 Å². The van der Waals surface area contributed by atoms with Crippen LogP contribution in [0.15, 0.2) is 18.2 Å². The van der Waals surface area contributed by atoms with Crippen LogP contribution in [-0.2, 0) is 12.5 Å². The number of hydrogen-bond donors (Lipinski definition) is 1. The Balaban J connectivity index is 2.11. The molecule has 0 aliphatic heterocycles. The van der Waals surface area contributed by atoms with Crippen LogP contribution < -0.4 is 5.73 Å². The summed E-state index contributed by atoms with van der Waals surface area (Å²) < 4.78 is 1.86. The maximum Gasteiger partial charge on any atom is 0.158 e. The fourth-order valence-corrected chi connectivity index (χ4v) is 3.66. The SMILES string of the molecule is Cn1nc(Cl)c2ccc(C3(CN)CCCCC3)cc21. The Morgan fingerprint density at radius 1 is 1.32 bits per heavy atom. The number of nitrogens with two attached hydrogens (primary N) is 1. The van der Waals surface area contributed by atoms with Crippen molar-refractivity contribution in [3.8, 4) is 0 Å². The average Bonchev–Trinajstić information content (AvgIpc) is 2.74. The van der Waals surface area contributed by atoms with Gasteiger partial charge in [0.2, 0.25) is 0 Å². The molecule has 1 aromatic heterocycles. The van der Waals surface area contributed by atoms with Crippen molar-refractivity contribution in [2.45, 2.75) is 37.5 Å². The molecule has 3 rings (SSSR count). The van der Waals surface area contributed by atoms with Crippen molar-refractivity contribution in [2.75, 3.05) is 6.54 Å². The number of hydrogen-bond acceptors (Lipinski definition) is 2. The summed E-state index contributed by atoms with van der Waals surface area (Å²) in [5, 5.41) is 5.88. The summed E-state index contributed by atoms with van der Waals surface area (Å²) in [5.74, 6) is 0. The van der Waals surface area contributed by atoms with Gasteiger partial charge in [-0.05, 0) is 30.5 Å². The molecule has 102 valence electrons. The number of benzene rings is 1. The number of aryl methyl sites for hydroxylation is 1. The summed E-state index contributed by atoms with van der Waals surface area (Å²) >= 11 is 6.13. The summed E-state index contributed by atoms with van der Waals surface area (Å²) in [5.41, 5.74) is 8.71. The normalized spacial score (nSPS) is 18.9. The van der Waals surface area contributed by atoms with Crippen LogP contribution in [0.4, 0.5) is 0 Å². The Labute approximate surface area is 118 Å². The third-order valence-corrected chi connectivity index (χ3v) is 4.90. The molecule has 1 aliphatic rings. The first-order chi connectivity index (χ1) is 9.16. The minimum Gasteiger partial charge on any atom is -0.330 e. The van der Waals surface area contributed by atoms with E-state index in [0.29, 0.717) is 5.15 Å². The Hall–Kier alpha value is -1.06. The van der Waals surface area contributed by atoms with E-state index in [1.807, 2.05) is 11.7 Å². The molecule has 0 atom stereocenters. The van der Waals surface area contributed by atoms with Gasteiger partial charge >= 0.3 is 0 Å². The molecule has 0 spiro atoms. The molecule has 1 fully saturated rings. The number of halogens is 1. The maximum absolute atomic E-state index is 6.13. The van der Waals surface area contributed by atoms with E-state index in [-0.39, 0.29) is 5.41 Å². The van der Waals surface area contributed by atoms with Gasteiger partial charge in [-0.25, -0.2) is 0 Å². The van der Waals surface area contributed by atoms with Crippen molar-refractivity contribution in [1.82, 2.24) is 9.78 Å². The van der Waals surface area contributed by atoms with Crippen molar-refractivity contribution in [2.24, 2.45) is 12.8 Å². The largest absolute Gasteiger partial charge is 0.330 e. The molecule has 2 N–H and O–H groups in total. The van der Waals surface area contributed by atoms with E-state index in [9.17, 15) is 0 Å². The fraction of sp³-hybridized carbons (Fsp3) is 0.533. The van der Waals surface area contributed by atoms with Crippen LogP contribution in [0.3, 0.4) is 0 Å². The zero-order valence-electron chi connectivity index (χ0n) is 11.3. The van der Waals surface area contributed by atoms with Gasteiger partial charge in [-0.1, -0.05) is 36.9 Å². The van der Waals surface area contributed by atoms with E-state index in [0.717, 1.165) is 17.4 Å². The minimum atomic E-state index is 0.156. The lowest BCUT2D eigenvalue weighted by Gasteiger charge is -2.36. The lowest BCUT2D eigenvalue weighted by atomic mass is 9.69. The second kappa shape index (κ2) is 4.80. The van der Waals surface area contributed by atoms with Crippen LogP contribution in [0.2, 0.25) is 5.15 Å². The highest BCUT2D eigenvalue weighted by molar-refractivity contribution is 6.34. The zero-order chi connectivity index (χ0) is 13.5. The Kier molecular flexibility index (Phi) is 3.27. The quantitative estimate of drug-likeness (QED) is 0.914. The van der Waals surface area contributed by atoms with Gasteiger partial charge in [0.25, 0.3) is 0 Å². The smallest absolute Gasteiger partial charge is 0.158 e. The van der Waals surface area contributed by atoms with E-state index < -0.39 is 0 Å². The first-order valence-corrected chi connectivity index (χ1v) is 7.37. The van der Waals surface area contributed by atoms with Crippen LogP contribution in [0.1, 0.15) is 37.7 Å². The highest BCUT2D eigenvalue weighted by Gasteiger charge is 2.32. The van der Waals surface area contributed by atoms with E-state index in [1.54, 1.807) is 0 Å². The highest BCUT2D eigenvalue weighted by atomic mass is 35.5. The zero-order valence-corrected chi connectivity index (χ0v) is 12.1. The predicted molar refractivity (Wildman–Crippen MR) is 79.5 cm³/mol. The van der Waals surface area contributed by atoms with Crippen LogP contribution in [0, 0.1) is 0 Å². The van der Waals surface area contributed by atoms with E-state index in [2.05, 4.69) is 23.3 Å². The van der Waals surface area contributed by atoms with Crippen molar-refractivity contribution < 1.29 is 0 Å². The van der Waals surface area contributed by atoms with Crippen molar-refractivity contribution in [1.29, 1.82) is 0 Å². The average molecular weight is 278 g/mol. The Morgan fingerprint density at radius 3 is 2.74 bits per heavy atom. The van der Waals surface area contributed by atoms with Gasteiger partial charge in [0.1, 0.15) is 0 Å². The van der Waals surface area contributed by atoms with Gasteiger partial charge in [0.05, 0.1) is 5.52 Å². The molecule has 0 radical (unpaired) electrons. The molecule has 1 heterocycles. The molecule has 2 aromatic rings. The third kappa shape index (κ3) is 2.05. The molecular weight excluding hydrogens is 258 g/mol. The molecule has 0 bridgehead atoms. The van der Waals surface area contributed by atoms with Crippen molar-refractivity contribution >= 4 is 22.5 Å². The van der Waals surface area contributed by atoms with Crippen LogP contribution >= 0.6 is 11.6 Å². The van der Waals surface area contributed by atoms with Gasteiger partial charge in [-0.15, -0.1) is 0 Å². The predicted octanol–water partition coefficient (Wildman–Crippen LogP) is 3.39. The summed E-state index contributed by atoms with van der Waals surface area (Å²) in [4.78, 5) is 0. The second-order valence-electron chi connectivity index (χ2n) is 5.69. The van der Waals surface area contributed by atoms with Gasteiger partial charge in [-0.3, -0.25) is 4.68 Å². The van der Waals surface area contributed by atoms with E-state index in [1.165, 1.54) is 37.7 Å². The van der Waals surface area contributed by atoms with Gasteiger partial charge < -0.3 is 5.73 Å². The molecule has 0 saturated heterocycles. The molecule has 0 unspecified atom stereocenters. The number of nitrogens with zero attached hydrogens (tertiary/aromatic N) is 2. The van der Waals surface area contributed by atoms with Crippen LogP contribution in [-0.4, -0.2) is 16.3 Å². The molecule has 1 saturated carbocycles. The van der Waals surface area contributed by atoms with Crippen molar-refractivity contribution in [3.63, 3.8) is 0 Å². The topological polar surface area (TPSA) is 43.8 Å². The van der Waals surface area contributed by atoms with Crippen LogP contribution in [0.5, 0.6) is 0 Å².